The molecule has 0 aromatic rings. The predicted molar refractivity (Wildman–Crippen MR) is 269 cm³/mol. The molecule has 0 aromatic carbocycles. The average molecular weight is 867 g/mol. The monoisotopic (exact) mass is 867 g/mol. The van der Waals surface area contributed by atoms with Gasteiger partial charge in [0.15, 0.2) is 6.10 Å². The van der Waals surface area contributed by atoms with Crippen LogP contribution < -0.4 is 0 Å². The van der Waals surface area contributed by atoms with Crippen LogP contribution in [0, 0.1) is 0 Å². The molecule has 6 heteroatoms. The zero-order valence-electron chi connectivity index (χ0n) is 39.8. The second-order valence-electron chi connectivity index (χ2n) is 15.4. The van der Waals surface area contributed by atoms with Crippen molar-refractivity contribution in [2.45, 2.75) is 181 Å². The summed E-state index contributed by atoms with van der Waals surface area (Å²) in [5.41, 5.74) is 0. The van der Waals surface area contributed by atoms with Gasteiger partial charge in [-0.3, -0.25) is 14.4 Å². The molecule has 63 heavy (non-hydrogen) atoms. The van der Waals surface area contributed by atoms with Gasteiger partial charge in [-0.2, -0.15) is 0 Å². The maximum atomic E-state index is 12.8. The van der Waals surface area contributed by atoms with Crippen molar-refractivity contribution in [3.8, 4) is 0 Å². The van der Waals surface area contributed by atoms with E-state index in [1.54, 1.807) is 0 Å². The van der Waals surface area contributed by atoms with E-state index in [1.165, 1.54) is 0 Å². The van der Waals surface area contributed by atoms with Gasteiger partial charge in [-0.25, -0.2) is 0 Å². The van der Waals surface area contributed by atoms with Gasteiger partial charge in [0.1, 0.15) is 13.2 Å². The standard InChI is InChI=1S/C57H86O6/c1-4-7-10-13-16-19-22-25-28-29-30-33-35-38-41-44-47-50-56(59)62-53-54(63-57(60)51-48-45-42-39-36-32-27-24-21-18-15-12-9-6-3)52-61-55(58)49-46-43-40-37-34-31-26-23-20-17-14-11-8-5-2/h7-13,16-22,25-33,35,54H,4-6,14-15,23-24,34,36-53H2,1-3H3/b10-7-,11-8-,12-9-,16-13-,20-17-,21-18-,22-19-,28-25-,30-29+,31-26-,32-27-,35-33-. The van der Waals surface area contributed by atoms with Crippen molar-refractivity contribution in [3.05, 3.63) is 146 Å². The maximum Gasteiger partial charge on any atom is 0.306 e. The van der Waals surface area contributed by atoms with Crippen LogP contribution >= 0.6 is 0 Å². The summed E-state index contributed by atoms with van der Waals surface area (Å²) in [6.45, 7) is 6.15. The molecule has 6 nitrogen and oxygen atoms in total. The normalized spacial score (nSPS) is 13.4. The highest BCUT2D eigenvalue weighted by Gasteiger charge is 2.19. The summed E-state index contributed by atoms with van der Waals surface area (Å²) in [5, 5.41) is 0. The second-order valence-corrected chi connectivity index (χ2v) is 15.4. The van der Waals surface area contributed by atoms with Gasteiger partial charge in [0.25, 0.3) is 0 Å². The zero-order chi connectivity index (χ0) is 45.8. The van der Waals surface area contributed by atoms with Crippen molar-refractivity contribution >= 4 is 17.9 Å². The first-order valence-electron chi connectivity index (χ1n) is 24.4. The lowest BCUT2D eigenvalue weighted by atomic mass is 10.1. The van der Waals surface area contributed by atoms with Gasteiger partial charge in [-0.1, -0.05) is 199 Å². The van der Waals surface area contributed by atoms with Crippen molar-refractivity contribution in [1.82, 2.24) is 0 Å². The number of esters is 3. The van der Waals surface area contributed by atoms with E-state index in [0.717, 1.165) is 128 Å². The highest BCUT2D eigenvalue weighted by Crippen LogP contribution is 2.12. The van der Waals surface area contributed by atoms with Gasteiger partial charge in [0, 0.05) is 19.3 Å². The molecule has 0 amide bonds. The Balaban J connectivity index is 4.59. The topological polar surface area (TPSA) is 78.9 Å². The molecule has 0 radical (unpaired) electrons. The van der Waals surface area contributed by atoms with Gasteiger partial charge in [0.05, 0.1) is 0 Å². The van der Waals surface area contributed by atoms with Crippen LogP contribution in [0.15, 0.2) is 146 Å². The summed E-state index contributed by atoms with van der Waals surface area (Å²) >= 11 is 0. The van der Waals surface area contributed by atoms with Crippen molar-refractivity contribution in [1.29, 1.82) is 0 Å². The first-order valence-corrected chi connectivity index (χ1v) is 24.4. The minimum absolute atomic E-state index is 0.121. The van der Waals surface area contributed by atoms with E-state index >= 15 is 0 Å². The smallest absolute Gasteiger partial charge is 0.306 e. The molecule has 0 aliphatic rings. The number of hydrogen-bond donors (Lipinski definition) is 0. The molecular formula is C57H86O6. The lowest BCUT2D eigenvalue weighted by Crippen LogP contribution is -2.30. The SMILES string of the molecule is CC\C=C/C=C\C=C/C=C\C=C\C=C/CCCCCC(=O)OCC(COC(=O)CCCCCC/C=C\C/C=C\C/C=C\CC)OC(=O)CCCCCC/C=C\C/C=C\C/C=C\CC. The maximum absolute atomic E-state index is 12.8. The van der Waals surface area contributed by atoms with Crippen LogP contribution in [0.4, 0.5) is 0 Å². The van der Waals surface area contributed by atoms with Gasteiger partial charge < -0.3 is 14.2 Å². The molecular weight excluding hydrogens is 781 g/mol. The van der Waals surface area contributed by atoms with Crippen molar-refractivity contribution < 1.29 is 28.6 Å². The van der Waals surface area contributed by atoms with Crippen LogP contribution in [0.2, 0.25) is 0 Å². The largest absolute Gasteiger partial charge is 0.462 e. The zero-order valence-corrected chi connectivity index (χ0v) is 39.8. The molecule has 1 unspecified atom stereocenters. The Kier molecular flexibility index (Phi) is 46.2. The molecule has 0 N–H and O–H groups in total. The van der Waals surface area contributed by atoms with Crippen LogP contribution in [0.1, 0.15) is 175 Å². The minimum Gasteiger partial charge on any atom is -0.462 e. The Morgan fingerprint density at radius 3 is 1.08 bits per heavy atom. The summed E-state index contributed by atoms with van der Waals surface area (Å²) in [6, 6.07) is 0. The highest BCUT2D eigenvalue weighted by atomic mass is 16.6. The molecule has 0 fully saturated rings. The average Bonchev–Trinajstić information content (AvgIpc) is 3.28. The molecule has 0 aliphatic heterocycles. The van der Waals surface area contributed by atoms with Crippen molar-refractivity contribution in [3.63, 3.8) is 0 Å². The molecule has 0 bridgehead atoms. The third-order valence-electron chi connectivity index (χ3n) is 9.48. The second kappa shape index (κ2) is 49.9. The fourth-order valence-corrected chi connectivity index (χ4v) is 5.91. The van der Waals surface area contributed by atoms with E-state index in [9.17, 15) is 14.4 Å². The number of rotatable bonds is 41. The quantitative estimate of drug-likeness (QED) is 0.0200. The van der Waals surface area contributed by atoms with Gasteiger partial charge in [0.2, 0.25) is 0 Å². The molecule has 1 atom stereocenters. The summed E-state index contributed by atoms with van der Waals surface area (Å²) in [6.07, 6.45) is 71.1. The van der Waals surface area contributed by atoms with E-state index < -0.39 is 6.10 Å². The number of unbranched alkanes of at least 4 members (excludes halogenated alkanes) is 11. The van der Waals surface area contributed by atoms with E-state index in [-0.39, 0.29) is 37.5 Å². The number of carbonyl (C=O) groups excluding carboxylic acids is 3. The molecule has 0 saturated heterocycles. The Bertz CT molecular complexity index is 1460. The van der Waals surface area contributed by atoms with Crippen LogP contribution in [0.25, 0.3) is 0 Å². The summed E-state index contributed by atoms with van der Waals surface area (Å²) in [4.78, 5) is 37.9. The van der Waals surface area contributed by atoms with Crippen molar-refractivity contribution in [2.75, 3.05) is 13.2 Å². The van der Waals surface area contributed by atoms with Gasteiger partial charge in [-0.15, -0.1) is 0 Å². The van der Waals surface area contributed by atoms with Crippen LogP contribution in [0.5, 0.6) is 0 Å². The lowest BCUT2D eigenvalue weighted by molar-refractivity contribution is -0.167. The first kappa shape index (κ1) is 58.3. The lowest BCUT2D eigenvalue weighted by Gasteiger charge is -2.18. The Morgan fingerprint density at radius 1 is 0.333 bits per heavy atom. The summed E-state index contributed by atoms with van der Waals surface area (Å²) < 4.78 is 16.7. The third kappa shape index (κ3) is 48.2. The van der Waals surface area contributed by atoms with E-state index in [1.807, 2.05) is 60.8 Å². The molecule has 350 valence electrons. The van der Waals surface area contributed by atoms with Gasteiger partial charge >= 0.3 is 17.9 Å². The molecule has 0 heterocycles. The molecule has 0 spiro atoms. The Hall–Kier alpha value is -4.71. The molecule has 0 aromatic heterocycles. The number of carbonyl (C=O) groups is 3. The Morgan fingerprint density at radius 2 is 0.651 bits per heavy atom. The molecule has 0 saturated carbocycles. The fraction of sp³-hybridized carbons (Fsp3) is 0.526. The van der Waals surface area contributed by atoms with Crippen LogP contribution in [-0.2, 0) is 28.6 Å². The number of allylic oxidation sites excluding steroid dienone is 24. The summed E-state index contributed by atoms with van der Waals surface area (Å²) in [5.74, 6) is -1.02. The highest BCUT2D eigenvalue weighted by molar-refractivity contribution is 5.71. The predicted octanol–water partition coefficient (Wildman–Crippen LogP) is 16.1. The number of hydrogen-bond acceptors (Lipinski definition) is 6. The third-order valence-corrected chi connectivity index (χ3v) is 9.48. The van der Waals surface area contributed by atoms with Crippen LogP contribution in [-0.4, -0.2) is 37.2 Å². The first-order chi connectivity index (χ1) is 31.0. The Labute approximate surface area is 385 Å². The van der Waals surface area contributed by atoms with E-state index in [2.05, 4.69) is 106 Å². The van der Waals surface area contributed by atoms with E-state index in [0.29, 0.717) is 19.3 Å². The molecule has 0 rings (SSSR count). The minimum atomic E-state index is -0.824. The summed E-state index contributed by atoms with van der Waals surface area (Å²) in [7, 11) is 0. The van der Waals surface area contributed by atoms with Gasteiger partial charge in [-0.05, 0) is 103 Å². The fourth-order valence-electron chi connectivity index (χ4n) is 5.91. The molecule has 0 aliphatic carbocycles. The van der Waals surface area contributed by atoms with E-state index in [4.69, 9.17) is 14.2 Å². The van der Waals surface area contributed by atoms with Crippen molar-refractivity contribution in [2.24, 2.45) is 0 Å². The number of ether oxygens (including phenoxy) is 3. The van der Waals surface area contributed by atoms with Crippen LogP contribution in [0.3, 0.4) is 0 Å².